The van der Waals surface area contributed by atoms with Crippen LogP contribution in [0.1, 0.15) is 64.2 Å². The zero-order valence-corrected chi connectivity index (χ0v) is 14.5. The summed E-state index contributed by atoms with van der Waals surface area (Å²) in [7, 11) is 0. The maximum absolute atomic E-state index is 4.59. The number of aryl methyl sites for hydroxylation is 1. The van der Waals surface area contributed by atoms with Crippen molar-refractivity contribution in [2.45, 2.75) is 64.7 Å². The molecule has 1 heteroatoms. The summed E-state index contributed by atoms with van der Waals surface area (Å²) < 4.78 is 0. The van der Waals surface area contributed by atoms with E-state index in [1.54, 1.807) is 0 Å². The highest BCUT2D eigenvalue weighted by atomic mass is 14.7. The van der Waals surface area contributed by atoms with Crippen LogP contribution in [0.4, 0.5) is 0 Å². The molecule has 0 fully saturated rings. The van der Waals surface area contributed by atoms with Crippen molar-refractivity contribution in [3.63, 3.8) is 0 Å². The fourth-order valence-electron chi connectivity index (χ4n) is 3.60. The second-order valence-electron chi connectivity index (χ2n) is 7.93. The molecule has 0 atom stereocenters. The van der Waals surface area contributed by atoms with E-state index in [2.05, 4.69) is 69.9 Å². The number of nitrogens with zero attached hydrogens (tertiary/aromatic N) is 1. The largest absolute Gasteiger partial charge is 0.256 e. The fourth-order valence-corrected chi connectivity index (χ4v) is 3.60. The predicted molar refractivity (Wildman–Crippen MR) is 94.3 cm³/mol. The highest BCUT2D eigenvalue weighted by molar-refractivity contribution is 5.63. The molecule has 0 saturated heterocycles. The molecule has 0 aliphatic heterocycles. The molecule has 0 spiro atoms. The highest BCUT2D eigenvalue weighted by Gasteiger charge is 2.36. The van der Waals surface area contributed by atoms with Gasteiger partial charge < -0.3 is 0 Å². The number of hydrogen-bond acceptors (Lipinski definition) is 1. The fraction of sp³-hybridized carbons (Fsp3) is 0.476. The maximum atomic E-state index is 4.59. The first-order valence-corrected chi connectivity index (χ1v) is 8.44. The van der Waals surface area contributed by atoms with E-state index in [1.165, 1.54) is 35.1 Å². The number of hydrogen-bond donors (Lipinski definition) is 0. The van der Waals surface area contributed by atoms with Crippen molar-refractivity contribution >= 4 is 0 Å². The zero-order valence-electron chi connectivity index (χ0n) is 14.5. The van der Waals surface area contributed by atoms with Crippen LogP contribution in [0.3, 0.4) is 0 Å². The van der Waals surface area contributed by atoms with Crippen LogP contribution in [0.25, 0.3) is 11.3 Å². The average molecular weight is 293 g/mol. The topological polar surface area (TPSA) is 12.9 Å². The molecule has 22 heavy (non-hydrogen) atoms. The molecule has 116 valence electrons. The lowest BCUT2D eigenvalue weighted by Gasteiger charge is -2.42. The first-order valence-electron chi connectivity index (χ1n) is 8.44. The summed E-state index contributed by atoms with van der Waals surface area (Å²) in [4.78, 5) is 4.59. The lowest BCUT2D eigenvalue weighted by atomic mass is 9.63. The van der Waals surface area contributed by atoms with E-state index in [9.17, 15) is 0 Å². The van der Waals surface area contributed by atoms with Crippen molar-refractivity contribution in [1.82, 2.24) is 4.98 Å². The normalized spacial score (nSPS) is 18.8. The standard InChI is InChI=1S/C21H27N/c1-6-15-9-12-22-19(13-15)16-7-8-17-18(14-16)21(4,5)11-10-20(17,2)3/h7-9,12-14H,6,10-11H2,1-5H3. The number of pyridine rings is 1. The first kappa shape index (κ1) is 15.3. The molecule has 0 saturated carbocycles. The lowest BCUT2D eigenvalue weighted by Crippen LogP contribution is -2.33. The van der Waals surface area contributed by atoms with Crippen LogP contribution in [0, 0.1) is 0 Å². The van der Waals surface area contributed by atoms with Crippen molar-refractivity contribution in [2.75, 3.05) is 0 Å². The van der Waals surface area contributed by atoms with Gasteiger partial charge in [0.25, 0.3) is 0 Å². The summed E-state index contributed by atoms with van der Waals surface area (Å²) in [6.45, 7) is 11.7. The summed E-state index contributed by atoms with van der Waals surface area (Å²) in [6, 6.07) is 11.3. The van der Waals surface area contributed by atoms with Crippen molar-refractivity contribution < 1.29 is 0 Å². The Bertz CT molecular complexity index is 695. The molecule has 1 aliphatic carbocycles. The van der Waals surface area contributed by atoms with Crippen LogP contribution in [0.15, 0.2) is 36.5 Å². The quantitative estimate of drug-likeness (QED) is 0.696. The molecule has 1 aliphatic rings. The Balaban J connectivity index is 2.13. The number of benzene rings is 1. The second-order valence-corrected chi connectivity index (χ2v) is 7.93. The van der Waals surface area contributed by atoms with Gasteiger partial charge in [-0.3, -0.25) is 4.98 Å². The zero-order chi connectivity index (χ0) is 16.0. The Kier molecular flexibility index (Phi) is 3.63. The van der Waals surface area contributed by atoms with Crippen LogP contribution in [-0.2, 0) is 17.3 Å². The molecule has 0 bridgehead atoms. The summed E-state index contributed by atoms with van der Waals surface area (Å²) in [5, 5.41) is 0. The van der Waals surface area contributed by atoms with Gasteiger partial charge in [-0.05, 0) is 65.0 Å². The van der Waals surface area contributed by atoms with E-state index in [-0.39, 0.29) is 10.8 Å². The minimum absolute atomic E-state index is 0.253. The van der Waals surface area contributed by atoms with Gasteiger partial charge in [0.05, 0.1) is 5.69 Å². The van der Waals surface area contributed by atoms with E-state index in [4.69, 9.17) is 0 Å². The molecule has 0 unspecified atom stereocenters. The van der Waals surface area contributed by atoms with Gasteiger partial charge >= 0.3 is 0 Å². The summed E-state index contributed by atoms with van der Waals surface area (Å²) in [6.07, 6.45) is 5.50. The highest BCUT2D eigenvalue weighted by Crippen LogP contribution is 2.46. The Morgan fingerprint density at radius 2 is 1.59 bits per heavy atom. The van der Waals surface area contributed by atoms with Crippen LogP contribution in [0.2, 0.25) is 0 Å². The van der Waals surface area contributed by atoms with Crippen LogP contribution < -0.4 is 0 Å². The molecule has 0 N–H and O–H groups in total. The Labute approximate surface area is 134 Å². The second kappa shape index (κ2) is 5.22. The van der Waals surface area contributed by atoms with Crippen molar-refractivity contribution in [2.24, 2.45) is 0 Å². The van der Waals surface area contributed by atoms with Gasteiger partial charge in [0.15, 0.2) is 0 Å². The third-order valence-electron chi connectivity index (χ3n) is 5.38. The SMILES string of the molecule is CCc1ccnc(-c2ccc3c(c2)C(C)(C)CCC3(C)C)c1. The average Bonchev–Trinajstić information content (AvgIpc) is 2.52. The van der Waals surface area contributed by atoms with Crippen LogP contribution in [-0.4, -0.2) is 4.98 Å². The molecule has 1 heterocycles. The third-order valence-corrected chi connectivity index (χ3v) is 5.38. The van der Waals surface area contributed by atoms with Gasteiger partial charge in [-0.1, -0.05) is 46.8 Å². The smallest absolute Gasteiger partial charge is 0.0704 e. The van der Waals surface area contributed by atoms with Crippen LogP contribution >= 0.6 is 0 Å². The van der Waals surface area contributed by atoms with E-state index in [0.717, 1.165) is 12.1 Å². The van der Waals surface area contributed by atoms with Gasteiger partial charge in [-0.2, -0.15) is 0 Å². The third kappa shape index (κ3) is 2.58. The van der Waals surface area contributed by atoms with Gasteiger partial charge in [0, 0.05) is 11.8 Å². The maximum Gasteiger partial charge on any atom is 0.0704 e. The Hall–Kier alpha value is -1.63. The summed E-state index contributed by atoms with van der Waals surface area (Å²) >= 11 is 0. The molecule has 0 radical (unpaired) electrons. The molecule has 1 aromatic carbocycles. The summed E-state index contributed by atoms with van der Waals surface area (Å²) in [5.41, 5.74) is 7.25. The molecule has 1 aromatic heterocycles. The van der Waals surface area contributed by atoms with Crippen molar-refractivity contribution in [1.29, 1.82) is 0 Å². The van der Waals surface area contributed by atoms with E-state index in [1.807, 2.05) is 6.20 Å². The minimum Gasteiger partial charge on any atom is -0.256 e. The van der Waals surface area contributed by atoms with E-state index < -0.39 is 0 Å². The Morgan fingerprint density at radius 3 is 2.27 bits per heavy atom. The first-order chi connectivity index (χ1) is 10.3. The van der Waals surface area contributed by atoms with Gasteiger partial charge in [-0.25, -0.2) is 0 Å². The van der Waals surface area contributed by atoms with Crippen LogP contribution in [0.5, 0.6) is 0 Å². The molecule has 0 amide bonds. The van der Waals surface area contributed by atoms with Gasteiger partial charge in [-0.15, -0.1) is 0 Å². The molecular formula is C21H27N. The minimum atomic E-state index is 0.253. The van der Waals surface area contributed by atoms with Crippen molar-refractivity contribution in [3.8, 4) is 11.3 Å². The van der Waals surface area contributed by atoms with Crippen molar-refractivity contribution in [3.05, 3.63) is 53.2 Å². The number of fused-ring (bicyclic) bond motifs is 1. The van der Waals surface area contributed by atoms with E-state index >= 15 is 0 Å². The number of rotatable bonds is 2. The Morgan fingerprint density at radius 1 is 0.909 bits per heavy atom. The molecular weight excluding hydrogens is 266 g/mol. The monoisotopic (exact) mass is 293 g/mol. The summed E-state index contributed by atoms with van der Waals surface area (Å²) in [5.74, 6) is 0. The molecule has 2 aromatic rings. The van der Waals surface area contributed by atoms with E-state index in [0.29, 0.717) is 0 Å². The lowest BCUT2D eigenvalue weighted by molar-refractivity contribution is 0.332. The number of aromatic nitrogens is 1. The molecule has 1 nitrogen and oxygen atoms in total. The van der Waals surface area contributed by atoms with Gasteiger partial charge in [0.1, 0.15) is 0 Å². The predicted octanol–water partition coefficient (Wildman–Crippen LogP) is 5.66. The van der Waals surface area contributed by atoms with Gasteiger partial charge in [0.2, 0.25) is 0 Å². The molecule has 3 rings (SSSR count).